The summed E-state index contributed by atoms with van der Waals surface area (Å²) in [5, 5.41) is 5.24. The first-order valence-electron chi connectivity index (χ1n) is 8.98. The summed E-state index contributed by atoms with van der Waals surface area (Å²) in [6.45, 7) is 2.54. The van der Waals surface area contributed by atoms with Gasteiger partial charge in [0.15, 0.2) is 0 Å². The maximum Gasteiger partial charge on any atom is 0.224 e. The number of hydrogen-bond donors (Lipinski definition) is 1. The highest BCUT2D eigenvalue weighted by molar-refractivity contribution is 7.09. The molecule has 3 fully saturated rings. The number of likely N-dealkylation sites (tertiary alicyclic amines) is 1. The van der Waals surface area contributed by atoms with Gasteiger partial charge in [0.05, 0.1) is 12.0 Å². The van der Waals surface area contributed by atoms with Crippen LogP contribution in [0.4, 0.5) is 0 Å². The Kier molecular flexibility index (Phi) is 4.69. The molecule has 1 aromatic rings. The number of carbonyl (C=O) groups excluding carboxylic acids is 1. The Morgan fingerprint density at radius 2 is 2.30 bits per heavy atom. The molecule has 1 aliphatic carbocycles. The van der Waals surface area contributed by atoms with Crippen molar-refractivity contribution in [3.63, 3.8) is 0 Å². The highest BCUT2D eigenvalue weighted by Gasteiger charge is 2.45. The summed E-state index contributed by atoms with van der Waals surface area (Å²) < 4.78 is 5.93. The average molecular weight is 334 g/mol. The van der Waals surface area contributed by atoms with Crippen LogP contribution in [0.15, 0.2) is 17.5 Å². The van der Waals surface area contributed by atoms with Crippen molar-refractivity contribution in [3.8, 4) is 0 Å². The fourth-order valence-corrected chi connectivity index (χ4v) is 4.93. The Hall–Kier alpha value is -0.910. The Morgan fingerprint density at radius 1 is 1.39 bits per heavy atom. The van der Waals surface area contributed by atoms with Crippen molar-refractivity contribution < 1.29 is 9.53 Å². The summed E-state index contributed by atoms with van der Waals surface area (Å²) >= 11 is 1.76. The number of nitrogens with one attached hydrogen (secondary N) is 1. The van der Waals surface area contributed by atoms with Crippen LogP contribution in [0.5, 0.6) is 0 Å². The second-order valence-corrected chi connectivity index (χ2v) is 8.13. The maximum absolute atomic E-state index is 12.6. The summed E-state index contributed by atoms with van der Waals surface area (Å²) in [4.78, 5) is 16.5. The van der Waals surface area contributed by atoms with E-state index in [1.165, 1.54) is 24.1 Å². The Morgan fingerprint density at radius 3 is 3.04 bits per heavy atom. The minimum absolute atomic E-state index is 0.0956. The standard InChI is InChI=1S/C18H26N2O2S/c21-18(19-8-6-15-5-2-10-23-15)13-11-17-16(7-9-22-17)20(12-13)14-3-1-4-14/h2,5,10,13-14,16-17H,1,3-4,6-9,11-12H2,(H,19,21)/t13-,16+,17+/m0/s1. The predicted octanol–water partition coefficient (Wildman–Crippen LogP) is 2.44. The molecule has 4 rings (SSSR count). The second-order valence-electron chi connectivity index (χ2n) is 7.10. The van der Waals surface area contributed by atoms with Crippen molar-refractivity contribution in [1.29, 1.82) is 0 Å². The summed E-state index contributed by atoms with van der Waals surface area (Å²) in [6.07, 6.45) is 7.21. The van der Waals surface area contributed by atoms with Crippen LogP contribution in [0.1, 0.15) is 37.0 Å². The van der Waals surface area contributed by atoms with Gasteiger partial charge in [-0.25, -0.2) is 0 Å². The van der Waals surface area contributed by atoms with E-state index in [1.807, 2.05) is 0 Å². The Balaban J connectivity index is 1.33. The Labute approximate surface area is 142 Å². The van der Waals surface area contributed by atoms with Gasteiger partial charge in [-0.1, -0.05) is 12.5 Å². The number of piperidine rings is 1. The first kappa shape index (κ1) is 15.6. The van der Waals surface area contributed by atoms with Crippen LogP contribution >= 0.6 is 11.3 Å². The molecule has 3 atom stereocenters. The molecule has 4 nitrogen and oxygen atoms in total. The van der Waals surface area contributed by atoms with Crippen LogP contribution < -0.4 is 5.32 Å². The summed E-state index contributed by atoms with van der Waals surface area (Å²) in [5.41, 5.74) is 0. The lowest BCUT2D eigenvalue weighted by molar-refractivity contribution is -0.131. The van der Waals surface area contributed by atoms with Crippen molar-refractivity contribution in [3.05, 3.63) is 22.4 Å². The highest BCUT2D eigenvalue weighted by Crippen LogP contribution is 2.37. The van der Waals surface area contributed by atoms with Gasteiger partial charge in [-0.2, -0.15) is 0 Å². The number of carbonyl (C=O) groups is 1. The van der Waals surface area contributed by atoms with Gasteiger partial charge in [0, 0.05) is 36.7 Å². The molecule has 1 aromatic heterocycles. The van der Waals surface area contributed by atoms with Crippen LogP contribution in [-0.2, 0) is 16.0 Å². The monoisotopic (exact) mass is 334 g/mol. The van der Waals surface area contributed by atoms with E-state index >= 15 is 0 Å². The van der Waals surface area contributed by atoms with Crippen molar-refractivity contribution in [2.24, 2.45) is 5.92 Å². The zero-order valence-corrected chi connectivity index (χ0v) is 14.4. The molecule has 5 heteroatoms. The number of ether oxygens (including phenoxy) is 1. The van der Waals surface area contributed by atoms with Gasteiger partial charge in [0.25, 0.3) is 0 Å². The van der Waals surface area contributed by atoms with E-state index in [0.29, 0.717) is 12.1 Å². The quantitative estimate of drug-likeness (QED) is 0.899. The van der Waals surface area contributed by atoms with Gasteiger partial charge in [-0.05, 0) is 43.6 Å². The lowest BCUT2D eigenvalue weighted by Gasteiger charge is -2.47. The number of nitrogens with zero attached hydrogens (tertiary/aromatic N) is 1. The van der Waals surface area contributed by atoms with E-state index in [9.17, 15) is 4.79 Å². The van der Waals surface area contributed by atoms with Crippen LogP contribution in [0.3, 0.4) is 0 Å². The third kappa shape index (κ3) is 3.32. The topological polar surface area (TPSA) is 41.6 Å². The molecule has 0 aromatic carbocycles. The minimum Gasteiger partial charge on any atom is -0.377 e. The first-order chi connectivity index (χ1) is 11.3. The van der Waals surface area contributed by atoms with E-state index in [1.54, 1.807) is 11.3 Å². The fraction of sp³-hybridized carbons (Fsp3) is 0.722. The van der Waals surface area contributed by atoms with Crippen LogP contribution in [0.2, 0.25) is 0 Å². The normalized spacial score (nSPS) is 31.6. The zero-order valence-electron chi connectivity index (χ0n) is 13.6. The minimum atomic E-state index is 0.0956. The molecule has 2 saturated heterocycles. The molecule has 1 saturated carbocycles. The summed E-state index contributed by atoms with van der Waals surface area (Å²) in [6, 6.07) is 5.46. The lowest BCUT2D eigenvalue weighted by Crippen LogP contribution is -2.57. The van der Waals surface area contributed by atoms with Gasteiger partial charge >= 0.3 is 0 Å². The lowest BCUT2D eigenvalue weighted by atomic mass is 9.83. The van der Waals surface area contributed by atoms with Crippen LogP contribution in [0.25, 0.3) is 0 Å². The van der Waals surface area contributed by atoms with E-state index in [4.69, 9.17) is 4.74 Å². The van der Waals surface area contributed by atoms with Gasteiger partial charge in [0.2, 0.25) is 5.91 Å². The first-order valence-corrected chi connectivity index (χ1v) is 9.86. The van der Waals surface area contributed by atoms with Crippen molar-refractivity contribution in [2.45, 2.75) is 56.7 Å². The van der Waals surface area contributed by atoms with Crippen molar-refractivity contribution >= 4 is 17.2 Å². The number of rotatable bonds is 5. The number of thiophene rings is 1. The summed E-state index contributed by atoms with van der Waals surface area (Å²) in [5.74, 6) is 0.318. The molecular formula is C18H26N2O2S. The highest BCUT2D eigenvalue weighted by atomic mass is 32.1. The molecule has 3 aliphatic rings. The Bertz CT molecular complexity index is 529. The van der Waals surface area contributed by atoms with Crippen molar-refractivity contribution in [2.75, 3.05) is 19.7 Å². The van der Waals surface area contributed by atoms with Gasteiger partial charge in [0.1, 0.15) is 0 Å². The molecule has 0 radical (unpaired) electrons. The molecule has 0 unspecified atom stereocenters. The van der Waals surface area contributed by atoms with E-state index < -0.39 is 0 Å². The van der Waals surface area contributed by atoms with Gasteiger partial charge in [-0.3, -0.25) is 9.69 Å². The zero-order chi connectivity index (χ0) is 15.6. The number of fused-ring (bicyclic) bond motifs is 1. The molecule has 126 valence electrons. The SMILES string of the molecule is O=C(NCCc1cccs1)[C@H]1C[C@H]2OCC[C@H]2N(C2CCC2)C1. The molecule has 1 amide bonds. The van der Waals surface area contributed by atoms with E-state index in [2.05, 4.69) is 27.7 Å². The number of hydrogen-bond acceptors (Lipinski definition) is 4. The predicted molar refractivity (Wildman–Crippen MR) is 91.6 cm³/mol. The van der Waals surface area contributed by atoms with Gasteiger partial charge in [-0.15, -0.1) is 11.3 Å². The van der Waals surface area contributed by atoms with Crippen molar-refractivity contribution in [1.82, 2.24) is 10.2 Å². The largest absolute Gasteiger partial charge is 0.377 e. The smallest absolute Gasteiger partial charge is 0.224 e. The van der Waals surface area contributed by atoms with E-state index in [-0.39, 0.29) is 17.9 Å². The maximum atomic E-state index is 12.6. The fourth-order valence-electron chi connectivity index (χ4n) is 4.22. The third-order valence-electron chi connectivity index (χ3n) is 5.71. The molecule has 23 heavy (non-hydrogen) atoms. The van der Waals surface area contributed by atoms with Gasteiger partial charge < -0.3 is 10.1 Å². The molecule has 0 spiro atoms. The molecule has 0 bridgehead atoms. The molecule has 3 heterocycles. The van der Waals surface area contributed by atoms with E-state index in [0.717, 1.165) is 39.0 Å². The molecule has 1 N–H and O–H groups in total. The average Bonchev–Trinajstić information content (AvgIpc) is 3.15. The molecule has 2 aliphatic heterocycles. The number of amides is 1. The second kappa shape index (κ2) is 6.91. The summed E-state index contributed by atoms with van der Waals surface area (Å²) in [7, 11) is 0. The van der Waals surface area contributed by atoms with Crippen LogP contribution in [0, 0.1) is 5.92 Å². The molecular weight excluding hydrogens is 308 g/mol. The van der Waals surface area contributed by atoms with Crippen LogP contribution in [-0.4, -0.2) is 48.7 Å². The third-order valence-corrected chi connectivity index (χ3v) is 6.65.